The monoisotopic (exact) mass is 308 g/mol. The molecule has 3 unspecified atom stereocenters. The molecule has 0 amide bonds. The van der Waals surface area contributed by atoms with Crippen LogP contribution in [-0.4, -0.2) is 39.2 Å². The Balaban J connectivity index is 2.02. The quantitative estimate of drug-likeness (QED) is 0.918. The zero-order chi connectivity index (χ0) is 15.3. The predicted octanol–water partition coefficient (Wildman–Crippen LogP) is 1.61. The molecule has 4 nitrogen and oxygen atoms in total. The molecule has 116 valence electrons. The molecule has 1 aliphatic carbocycles. The fraction of sp³-hybridized carbons (Fsp3) is 0.625. The van der Waals surface area contributed by atoms with E-state index in [2.05, 4.69) is 18.9 Å². The number of hydrogen-bond acceptors (Lipinski definition) is 4. The molecule has 3 rings (SSSR count). The highest BCUT2D eigenvalue weighted by Crippen LogP contribution is 2.44. The zero-order valence-electron chi connectivity index (χ0n) is 12.7. The van der Waals surface area contributed by atoms with Crippen molar-refractivity contribution in [1.82, 2.24) is 4.90 Å². The lowest BCUT2D eigenvalue weighted by Gasteiger charge is -2.45. The average molecular weight is 308 g/mol. The first kappa shape index (κ1) is 15.0. The molecule has 1 aromatic rings. The van der Waals surface area contributed by atoms with E-state index in [4.69, 9.17) is 5.73 Å². The maximum atomic E-state index is 12.3. The van der Waals surface area contributed by atoms with Crippen molar-refractivity contribution in [1.29, 1.82) is 0 Å². The number of nitrogens with two attached hydrogens (primary N) is 1. The highest BCUT2D eigenvalue weighted by atomic mass is 32.2. The summed E-state index contributed by atoms with van der Waals surface area (Å²) in [5.41, 5.74) is 6.68. The van der Waals surface area contributed by atoms with Crippen LogP contribution in [0.2, 0.25) is 0 Å². The minimum absolute atomic E-state index is 0.186. The minimum Gasteiger partial charge on any atom is -0.328 e. The van der Waals surface area contributed by atoms with Gasteiger partial charge in [0.1, 0.15) is 0 Å². The highest BCUT2D eigenvalue weighted by Gasteiger charge is 2.46. The van der Waals surface area contributed by atoms with Crippen molar-refractivity contribution in [3.63, 3.8) is 0 Å². The molecular weight excluding hydrogens is 284 g/mol. The molecule has 1 aliphatic heterocycles. The van der Waals surface area contributed by atoms with Gasteiger partial charge >= 0.3 is 0 Å². The molecule has 1 aromatic carbocycles. The molecule has 21 heavy (non-hydrogen) atoms. The Morgan fingerprint density at radius 1 is 1.38 bits per heavy atom. The summed E-state index contributed by atoms with van der Waals surface area (Å²) in [6, 6.07) is 7.37. The summed E-state index contributed by atoms with van der Waals surface area (Å²) in [5.74, 6) is 1.69. The van der Waals surface area contributed by atoms with Gasteiger partial charge in [-0.2, -0.15) is 0 Å². The summed E-state index contributed by atoms with van der Waals surface area (Å²) < 4.78 is 24.7. The Morgan fingerprint density at radius 2 is 2.05 bits per heavy atom. The van der Waals surface area contributed by atoms with Crippen LogP contribution in [0.3, 0.4) is 0 Å². The van der Waals surface area contributed by atoms with Crippen LogP contribution in [0.15, 0.2) is 29.2 Å². The average Bonchev–Trinajstić information content (AvgIpc) is 3.15. The van der Waals surface area contributed by atoms with Crippen molar-refractivity contribution >= 4 is 9.84 Å². The second-order valence-corrected chi connectivity index (χ2v) is 8.73. The van der Waals surface area contributed by atoms with Gasteiger partial charge in [0.2, 0.25) is 0 Å². The third kappa shape index (κ3) is 2.41. The molecule has 0 spiro atoms. The maximum absolute atomic E-state index is 12.3. The lowest BCUT2D eigenvalue weighted by molar-refractivity contribution is 0.107. The highest BCUT2D eigenvalue weighted by molar-refractivity contribution is 7.91. The molecule has 1 fully saturated rings. The van der Waals surface area contributed by atoms with E-state index in [0.717, 1.165) is 23.9 Å². The van der Waals surface area contributed by atoms with Crippen LogP contribution in [0, 0.1) is 11.8 Å². The maximum Gasteiger partial charge on any atom is 0.178 e. The van der Waals surface area contributed by atoms with Crippen molar-refractivity contribution in [2.24, 2.45) is 17.6 Å². The van der Waals surface area contributed by atoms with Gasteiger partial charge in [0.25, 0.3) is 0 Å². The standard InChI is InChI=1S/C16H24N2O2S/c1-12-9-13(12)10-18(2)16(11-17)7-8-21(19,20)15-6-4-3-5-14(15)16/h3-6,12-13H,7-11,17H2,1-2H3. The van der Waals surface area contributed by atoms with Crippen LogP contribution in [-0.2, 0) is 15.4 Å². The van der Waals surface area contributed by atoms with Gasteiger partial charge in [0, 0.05) is 13.1 Å². The third-order valence-corrected chi connectivity index (χ3v) is 7.13. The second-order valence-electron chi connectivity index (χ2n) is 6.65. The number of benzene rings is 1. The number of nitrogens with zero attached hydrogens (tertiary/aromatic N) is 1. The number of sulfone groups is 1. The Morgan fingerprint density at radius 3 is 2.67 bits per heavy atom. The topological polar surface area (TPSA) is 63.4 Å². The Bertz CT molecular complexity index is 643. The van der Waals surface area contributed by atoms with Gasteiger partial charge in [-0.25, -0.2) is 8.42 Å². The van der Waals surface area contributed by atoms with Crippen molar-refractivity contribution in [3.05, 3.63) is 29.8 Å². The summed E-state index contributed by atoms with van der Waals surface area (Å²) in [6.07, 6.45) is 1.85. The second kappa shape index (κ2) is 5.07. The molecule has 0 radical (unpaired) electrons. The van der Waals surface area contributed by atoms with Gasteiger partial charge in [-0.3, -0.25) is 4.90 Å². The molecule has 1 saturated carbocycles. The zero-order valence-corrected chi connectivity index (χ0v) is 13.6. The van der Waals surface area contributed by atoms with Crippen molar-refractivity contribution in [2.75, 3.05) is 25.9 Å². The van der Waals surface area contributed by atoms with Crippen molar-refractivity contribution in [2.45, 2.75) is 30.2 Å². The summed E-state index contributed by atoms with van der Waals surface area (Å²) >= 11 is 0. The number of fused-ring (bicyclic) bond motifs is 1. The fourth-order valence-electron chi connectivity index (χ4n) is 3.61. The van der Waals surface area contributed by atoms with E-state index in [1.165, 1.54) is 6.42 Å². The first-order valence-corrected chi connectivity index (χ1v) is 9.29. The summed E-state index contributed by atoms with van der Waals surface area (Å²) in [7, 11) is -1.07. The van der Waals surface area contributed by atoms with Crippen LogP contribution in [0.5, 0.6) is 0 Å². The van der Waals surface area contributed by atoms with E-state index >= 15 is 0 Å². The van der Waals surface area contributed by atoms with E-state index in [9.17, 15) is 8.42 Å². The SMILES string of the molecule is CC1CC1CN(C)C1(CN)CCS(=O)(=O)c2ccccc21. The van der Waals surface area contributed by atoms with Crippen molar-refractivity contribution < 1.29 is 8.42 Å². The molecule has 0 aromatic heterocycles. The van der Waals surface area contributed by atoms with Crippen LogP contribution in [0.1, 0.15) is 25.3 Å². The van der Waals surface area contributed by atoms with Gasteiger partial charge in [-0.05, 0) is 43.4 Å². The van der Waals surface area contributed by atoms with Gasteiger partial charge in [0.05, 0.1) is 16.2 Å². The Kier molecular flexibility index (Phi) is 3.62. The van der Waals surface area contributed by atoms with Crippen LogP contribution < -0.4 is 5.73 Å². The van der Waals surface area contributed by atoms with E-state index in [1.54, 1.807) is 12.1 Å². The van der Waals surface area contributed by atoms with Crippen LogP contribution >= 0.6 is 0 Å². The van der Waals surface area contributed by atoms with E-state index in [0.29, 0.717) is 17.9 Å². The van der Waals surface area contributed by atoms with Gasteiger partial charge < -0.3 is 5.73 Å². The third-order valence-electron chi connectivity index (χ3n) is 5.36. The lowest BCUT2D eigenvalue weighted by Crippen LogP contribution is -2.53. The summed E-state index contributed by atoms with van der Waals surface area (Å²) in [6.45, 7) is 3.72. The fourth-order valence-corrected chi connectivity index (χ4v) is 5.32. The molecular formula is C16H24N2O2S. The van der Waals surface area contributed by atoms with E-state index in [-0.39, 0.29) is 11.3 Å². The molecule has 0 saturated heterocycles. The summed E-state index contributed by atoms with van der Waals surface area (Å²) in [5, 5.41) is 0. The molecule has 3 atom stereocenters. The molecule has 1 heterocycles. The first-order chi connectivity index (χ1) is 9.90. The number of rotatable bonds is 4. The predicted molar refractivity (Wildman–Crippen MR) is 83.7 cm³/mol. The molecule has 0 bridgehead atoms. The number of likely N-dealkylation sites (N-methyl/N-ethyl adjacent to an activating group) is 1. The first-order valence-electron chi connectivity index (χ1n) is 7.64. The minimum atomic E-state index is -3.16. The van der Waals surface area contributed by atoms with E-state index in [1.807, 2.05) is 12.1 Å². The summed E-state index contributed by atoms with van der Waals surface area (Å²) in [4.78, 5) is 2.77. The van der Waals surface area contributed by atoms with Crippen molar-refractivity contribution in [3.8, 4) is 0 Å². The normalized spacial score (nSPS) is 33.7. The smallest absolute Gasteiger partial charge is 0.178 e. The number of hydrogen-bond donors (Lipinski definition) is 1. The molecule has 2 N–H and O–H groups in total. The molecule has 2 aliphatic rings. The van der Waals surface area contributed by atoms with Gasteiger partial charge in [-0.15, -0.1) is 0 Å². The van der Waals surface area contributed by atoms with Gasteiger partial charge in [-0.1, -0.05) is 25.1 Å². The van der Waals surface area contributed by atoms with Gasteiger partial charge in [0.15, 0.2) is 9.84 Å². The molecule has 5 heteroatoms. The Hall–Kier alpha value is -0.910. The van der Waals surface area contributed by atoms with Crippen LogP contribution in [0.4, 0.5) is 0 Å². The lowest BCUT2D eigenvalue weighted by atomic mass is 9.85. The van der Waals surface area contributed by atoms with Crippen LogP contribution in [0.25, 0.3) is 0 Å². The largest absolute Gasteiger partial charge is 0.328 e. The van der Waals surface area contributed by atoms with E-state index < -0.39 is 9.84 Å². The Labute approximate surface area is 127 Å².